The first-order valence-corrected chi connectivity index (χ1v) is 11.9. The molecule has 3 N–H and O–H groups in total. The second kappa shape index (κ2) is 11.9. The highest BCUT2D eigenvalue weighted by atomic mass is 35.5. The molecule has 12 heteroatoms. The molecule has 2 aromatic carbocycles. The van der Waals surface area contributed by atoms with Crippen molar-refractivity contribution in [3.05, 3.63) is 90.6 Å². The number of nitrogens with one attached hydrogen (secondary N) is 1. The molecule has 1 aliphatic rings. The number of H-pyrrole nitrogens is 1. The summed E-state index contributed by atoms with van der Waals surface area (Å²) in [6.07, 6.45) is 3.53. The second-order valence-electron chi connectivity index (χ2n) is 8.65. The van der Waals surface area contributed by atoms with Crippen LogP contribution in [0.3, 0.4) is 0 Å². The molecule has 1 unspecified atom stereocenters. The van der Waals surface area contributed by atoms with Crippen molar-refractivity contribution >= 4 is 17.3 Å². The first kappa shape index (κ1) is 25.5. The van der Waals surface area contributed by atoms with Crippen LogP contribution < -0.4 is 27.6 Å². The van der Waals surface area contributed by atoms with E-state index in [1.54, 1.807) is 36.4 Å². The third kappa shape index (κ3) is 6.36. The molecule has 4 rings (SSSR count). The number of ether oxygens (including phenoxy) is 1. The summed E-state index contributed by atoms with van der Waals surface area (Å²) in [6, 6.07) is 14.1. The average Bonchev–Trinajstić information content (AvgIpc) is 2.84. The van der Waals surface area contributed by atoms with E-state index in [1.807, 2.05) is 12.1 Å². The summed E-state index contributed by atoms with van der Waals surface area (Å²) in [7, 11) is 0. The average molecular weight is 515 g/mol. The summed E-state index contributed by atoms with van der Waals surface area (Å²) >= 11 is 6.00. The van der Waals surface area contributed by atoms with Crippen LogP contribution in [0.5, 0.6) is 5.75 Å². The Labute approximate surface area is 211 Å². The predicted octanol–water partition coefficient (Wildman–Crippen LogP) is 2.48. The number of hydrogen-bond donors (Lipinski definition) is 2. The number of nitrogens with two attached hydrogens (primary N) is 1. The largest absolute Gasteiger partial charge is 0.490 e. The zero-order valence-electron chi connectivity index (χ0n) is 19.5. The lowest BCUT2D eigenvalue weighted by molar-refractivity contribution is 0.0961. The van der Waals surface area contributed by atoms with E-state index >= 15 is 0 Å². The van der Waals surface area contributed by atoms with Crippen LogP contribution in [0.25, 0.3) is 0 Å². The van der Waals surface area contributed by atoms with Crippen LogP contribution in [0.4, 0.5) is 5.69 Å². The van der Waals surface area contributed by atoms with Crippen LogP contribution in [-0.4, -0.2) is 33.4 Å². The van der Waals surface area contributed by atoms with Crippen molar-refractivity contribution in [2.45, 2.75) is 38.5 Å². The fourth-order valence-electron chi connectivity index (χ4n) is 3.78. The predicted molar refractivity (Wildman–Crippen MR) is 134 cm³/mol. The molecule has 0 radical (unpaired) electrons. The van der Waals surface area contributed by atoms with Crippen LogP contribution in [0, 0.1) is 10.8 Å². The molecule has 0 saturated heterocycles. The smallest absolute Gasteiger partial charge is 0.335 e. The van der Waals surface area contributed by atoms with E-state index in [4.69, 9.17) is 22.2 Å². The molecule has 0 amide bonds. The third-order valence-corrected chi connectivity index (χ3v) is 6.22. The van der Waals surface area contributed by atoms with E-state index in [9.17, 15) is 14.5 Å². The minimum Gasteiger partial charge on any atom is -0.490 e. The summed E-state index contributed by atoms with van der Waals surface area (Å²) in [6.45, 7) is -0.193. The number of aromatic nitrogens is 3. The van der Waals surface area contributed by atoms with Crippen molar-refractivity contribution in [2.75, 3.05) is 13.2 Å². The number of hydrogen-bond acceptors (Lipinski definition) is 8. The fraction of sp³-hybridized carbons (Fsp3) is 0.375. The molecule has 0 bridgehead atoms. The minimum atomic E-state index is -0.677. The summed E-state index contributed by atoms with van der Waals surface area (Å²) in [5.41, 5.74) is 0.101. The van der Waals surface area contributed by atoms with E-state index in [2.05, 4.69) is 20.0 Å². The quantitative estimate of drug-likeness (QED) is 0.297. The van der Waals surface area contributed by atoms with Gasteiger partial charge in [0, 0.05) is 17.5 Å². The summed E-state index contributed by atoms with van der Waals surface area (Å²) in [4.78, 5) is 48.9. The van der Waals surface area contributed by atoms with Crippen molar-refractivity contribution in [1.82, 2.24) is 14.1 Å². The molecule has 190 valence electrons. The number of halogens is 1. The number of rotatable bonds is 11. The van der Waals surface area contributed by atoms with Gasteiger partial charge >= 0.3 is 11.4 Å². The highest BCUT2D eigenvalue weighted by Crippen LogP contribution is 2.26. The molecular formula is C24H27ClN6O5. The van der Waals surface area contributed by atoms with Gasteiger partial charge in [0.05, 0.1) is 31.5 Å². The Morgan fingerprint density at radius 3 is 2.42 bits per heavy atom. The van der Waals surface area contributed by atoms with Gasteiger partial charge in [-0.15, -0.1) is 0 Å². The molecule has 11 nitrogen and oxygen atoms in total. The van der Waals surface area contributed by atoms with Crippen LogP contribution in [0.1, 0.15) is 24.8 Å². The van der Waals surface area contributed by atoms with Gasteiger partial charge < -0.3 is 9.57 Å². The van der Waals surface area contributed by atoms with Crippen molar-refractivity contribution in [3.63, 3.8) is 0 Å². The zero-order chi connectivity index (χ0) is 25.5. The lowest BCUT2D eigenvalue weighted by Gasteiger charge is -2.26. The van der Waals surface area contributed by atoms with Crippen LogP contribution in [-0.2, 0) is 17.9 Å². The first-order chi connectivity index (χ1) is 17.5. The van der Waals surface area contributed by atoms with Crippen molar-refractivity contribution < 1.29 is 9.57 Å². The molecule has 1 aromatic heterocycles. The fourth-order valence-corrected chi connectivity index (χ4v) is 3.91. The van der Waals surface area contributed by atoms with E-state index in [1.165, 1.54) is 11.0 Å². The molecule has 1 atom stereocenters. The SMILES string of the molecule is NOCC(CN=O)Cn1c(=O)[nH]/c(=N\c2ccc(OC3CCC3)cc2)n(Cc2ccc(Cl)cc2)c1=O. The molecule has 1 heterocycles. The monoisotopic (exact) mass is 514 g/mol. The van der Waals surface area contributed by atoms with Crippen molar-refractivity contribution in [2.24, 2.45) is 22.0 Å². The Kier molecular flexibility index (Phi) is 8.47. The number of aromatic amines is 1. The summed E-state index contributed by atoms with van der Waals surface area (Å²) in [5.74, 6) is 5.32. The topological polar surface area (TPSA) is 146 Å². The molecule has 0 spiro atoms. The van der Waals surface area contributed by atoms with Gasteiger partial charge in [-0.1, -0.05) is 28.9 Å². The van der Waals surface area contributed by atoms with E-state index in [0.29, 0.717) is 10.7 Å². The molecule has 36 heavy (non-hydrogen) atoms. The maximum absolute atomic E-state index is 13.5. The van der Waals surface area contributed by atoms with Crippen LogP contribution in [0.2, 0.25) is 5.02 Å². The standard InChI is InChI=1S/C24H27ClN6O5/c25-18-6-4-16(5-7-18)13-30-22(28-19-8-10-21(11-9-19)36-20-2-1-3-20)29-23(32)31(24(30)33)14-17(12-27-34)15-35-26/h4-11,17,20H,1-3,12-15,26H2,(H,28,29,32). The van der Waals surface area contributed by atoms with Gasteiger partial charge in [0.25, 0.3) is 0 Å². The maximum Gasteiger partial charge on any atom is 0.335 e. The number of nitrogens with zero attached hydrogens (tertiary/aromatic N) is 4. The van der Waals surface area contributed by atoms with Gasteiger partial charge in [-0.05, 0) is 61.2 Å². The van der Waals surface area contributed by atoms with Crippen molar-refractivity contribution in [1.29, 1.82) is 0 Å². The van der Waals surface area contributed by atoms with Gasteiger partial charge in [0.2, 0.25) is 5.62 Å². The number of nitroso groups, excluding NO2 is 1. The van der Waals surface area contributed by atoms with Gasteiger partial charge in [-0.2, -0.15) is 4.91 Å². The Hall–Kier alpha value is -3.54. The normalized spacial score (nSPS) is 14.9. The van der Waals surface area contributed by atoms with Gasteiger partial charge in [0.15, 0.2) is 0 Å². The summed E-state index contributed by atoms with van der Waals surface area (Å²) in [5, 5.41) is 3.41. The zero-order valence-corrected chi connectivity index (χ0v) is 20.3. The molecule has 1 aliphatic carbocycles. The Bertz CT molecular complexity index is 1360. The van der Waals surface area contributed by atoms with Crippen LogP contribution in [0.15, 0.2) is 68.3 Å². The summed E-state index contributed by atoms with van der Waals surface area (Å²) < 4.78 is 8.21. The molecule has 1 fully saturated rings. The maximum atomic E-state index is 13.5. The van der Waals surface area contributed by atoms with Gasteiger partial charge in [-0.3, -0.25) is 9.55 Å². The third-order valence-electron chi connectivity index (χ3n) is 5.97. The highest BCUT2D eigenvalue weighted by Gasteiger charge is 2.19. The van der Waals surface area contributed by atoms with Gasteiger partial charge in [0.1, 0.15) is 5.75 Å². The van der Waals surface area contributed by atoms with Gasteiger partial charge in [-0.25, -0.2) is 25.0 Å². The Morgan fingerprint density at radius 1 is 1.08 bits per heavy atom. The van der Waals surface area contributed by atoms with E-state index in [0.717, 1.165) is 28.7 Å². The molecule has 3 aromatic rings. The van der Waals surface area contributed by atoms with E-state index in [-0.39, 0.29) is 38.0 Å². The minimum absolute atomic E-state index is 0.0454. The van der Waals surface area contributed by atoms with Crippen molar-refractivity contribution in [3.8, 4) is 5.75 Å². The lowest BCUT2D eigenvalue weighted by Crippen LogP contribution is -2.51. The Morgan fingerprint density at radius 2 is 1.81 bits per heavy atom. The lowest BCUT2D eigenvalue weighted by atomic mass is 9.96. The molecule has 0 aliphatic heterocycles. The Balaban J connectivity index is 1.73. The highest BCUT2D eigenvalue weighted by molar-refractivity contribution is 6.30. The first-order valence-electron chi connectivity index (χ1n) is 11.6. The number of benzene rings is 2. The second-order valence-corrected chi connectivity index (χ2v) is 9.08. The molecular weight excluding hydrogens is 488 g/mol. The van der Waals surface area contributed by atoms with E-state index < -0.39 is 17.3 Å². The molecule has 1 saturated carbocycles. The van der Waals surface area contributed by atoms with Crippen LogP contribution >= 0.6 is 11.6 Å².